The van der Waals surface area contributed by atoms with Crippen LogP contribution < -0.4 is 22.3 Å². The Kier molecular flexibility index (Phi) is 7.93. The molecule has 4 aliphatic heterocycles. The normalized spacial score (nSPS) is 38.3. The first-order valence-electron chi connectivity index (χ1n) is 13.3. The lowest BCUT2D eigenvalue weighted by atomic mass is 10.1. The minimum Gasteiger partial charge on any atom is -0.386 e. The van der Waals surface area contributed by atoms with E-state index < -0.39 is 81.3 Å². The Labute approximate surface area is 267 Å². The fraction of sp³-hybridized carbons (Fsp3) is 0.476. The van der Waals surface area contributed by atoms with Crippen molar-refractivity contribution in [2.24, 2.45) is 10.7 Å². The molecule has 248 valence electrons. The first kappa shape index (κ1) is 31.8. The minimum atomic E-state index is -4.18. The number of guanidine groups is 1. The molecule has 3 aromatic heterocycles. The van der Waals surface area contributed by atoms with Gasteiger partial charge in [-0.15, -0.1) is 0 Å². The second kappa shape index (κ2) is 11.5. The van der Waals surface area contributed by atoms with E-state index in [2.05, 4.69) is 36.8 Å². The number of aliphatic hydroxyl groups is 2. The molecule has 0 saturated carbocycles. The molecule has 0 spiro atoms. The van der Waals surface area contributed by atoms with Crippen molar-refractivity contribution < 1.29 is 47.6 Å². The molecule has 0 aromatic carbocycles. The maximum absolute atomic E-state index is 12.3. The number of rotatable bonds is 2. The van der Waals surface area contributed by atoms with Gasteiger partial charge in [0.15, 0.2) is 35.4 Å². The Morgan fingerprint density at radius 3 is 2.13 bits per heavy atom. The van der Waals surface area contributed by atoms with Gasteiger partial charge in [0.2, 0.25) is 5.95 Å². The summed E-state index contributed by atoms with van der Waals surface area (Å²) in [6.07, 6.45) is -8.26. The summed E-state index contributed by atoms with van der Waals surface area (Å²) in [6.45, 7) is -5.57. The van der Waals surface area contributed by atoms with E-state index in [4.69, 9.17) is 62.6 Å². The van der Waals surface area contributed by atoms with Gasteiger partial charge >= 0.3 is 13.4 Å². The number of anilines is 1. The molecule has 21 nitrogen and oxygen atoms in total. The van der Waals surface area contributed by atoms with Gasteiger partial charge in [0, 0.05) is 0 Å². The molecule has 3 fully saturated rings. The molecule has 7 rings (SSSR count). The summed E-state index contributed by atoms with van der Waals surface area (Å²) in [5, 5.41) is 25.4. The maximum atomic E-state index is 12.3. The third kappa shape index (κ3) is 5.61. The van der Waals surface area contributed by atoms with Crippen LogP contribution in [0.25, 0.3) is 16.9 Å². The van der Waals surface area contributed by atoms with Gasteiger partial charge in [0.25, 0.3) is 5.56 Å². The highest BCUT2D eigenvalue weighted by Gasteiger charge is 2.52. The SMILES string of the molecule is C=C1NC(N)=Nc2c1ncn2[C@@H]1O[C@@H]2COP(O)(=S)O[C@H]3[C@@H](O)[C@H](n4cnc5c(=O)[nH]c(N)nc54)O[C@@H]3COP(O)(=S)O[C@H]2[C@H]1O. The number of aliphatic hydroxyl groups excluding tert-OH is 2. The molecule has 0 radical (unpaired) electrons. The number of nitrogens with zero attached hydrogens (tertiary/aromatic N) is 6. The smallest absolute Gasteiger partial charge is 0.325 e. The van der Waals surface area contributed by atoms with Gasteiger partial charge < -0.3 is 55.3 Å². The second-order valence-electron chi connectivity index (χ2n) is 10.5. The van der Waals surface area contributed by atoms with Gasteiger partial charge in [-0.05, 0) is 23.6 Å². The molecule has 7 heterocycles. The predicted octanol–water partition coefficient (Wildman–Crippen LogP) is -2.11. The molecule has 10 N–H and O–H groups in total. The fourth-order valence-electron chi connectivity index (χ4n) is 5.48. The van der Waals surface area contributed by atoms with Gasteiger partial charge in [-0.25, -0.2) is 9.97 Å². The molecule has 3 aromatic rings. The Hall–Kier alpha value is -2.73. The summed E-state index contributed by atoms with van der Waals surface area (Å²) in [6, 6.07) is 0. The Morgan fingerprint density at radius 2 is 1.52 bits per heavy atom. The Bertz CT molecular complexity index is 1920. The van der Waals surface area contributed by atoms with Gasteiger partial charge in [0.05, 0.1) is 31.6 Å². The summed E-state index contributed by atoms with van der Waals surface area (Å²) in [5.41, 5.74) is 11.5. The molecule has 3 saturated heterocycles. The van der Waals surface area contributed by atoms with Crippen molar-refractivity contribution >= 4 is 71.6 Å². The van der Waals surface area contributed by atoms with Crippen LogP contribution in [0.3, 0.4) is 0 Å². The van der Waals surface area contributed by atoms with Crippen molar-refractivity contribution in [2.45, 2.75) is 49.1 Å². The van der Waals surface area contributed by atoms with Gasteiger partial charge in [-0.3, -0.25) is 28.0 Å². The van der Waals surface area contributed by atoms with Gasteiger partial charge in [-0.1, -0.05) is 6.58 Å². The third-order valence-corrected chi connectivity index (χ3v) is 10.6. The zero-order valence-corrected chi connectivity index (χ0v) is 26.5. The molecule has 10 atom stereocenters. The topological polar surface area (TPSA) is 294 Å². The number of aliphatic imine (C=N–C) groups is 1. The van der Waals surface area contributed by atoms with Crippen molar-refractivity contribution in [3.63, 3.8) is 0 Å². The zero-order chi connectivity index (χ0) is 32.7. The Balaban J connectivity index is 1.16. The first-order valence-corrected chi connectivity index (χ1v) is 18.5. The third-order valence-electron chi connectivity index (χ3n) is 7.49. The minimum absolute atomic E-state index is 0.0135. The number of H-pyrrole nitrogens is 1. The molecule has 46 heavy (non-hydrogen) atoms. The molecule has 0 aliphatic carbocycles. The number of aromatic nitrogens is 6. The van der Waals surface area contributed by atoms with Crippen LogP contribution in [-0.4, -0.2) is 105 Å². The number of nitrogens with two attached hydrogens (primary N) is 2. The average molecular weight is 721 g/mol. The number of hydrogen-bond donors (Lipinski definition) is 8. The lowest BCUT2D eigenvalue weighted by molar-refractivity contribution is -0.0596. The molecule has 4 aliphatic rings. The number of nitrogens with one attached hydrogen (secondary N) is 2. The van der Waals surface area contributed by atoms with E-state index in [1.54, 1.807) is 0 Å². The van der Waals surface area contributed by atoms with Crippen LogP contribution >= 0.6 is 13.4 Å². The van der Waals surface area contributed by atoms with Crippen LogP contribution in [0.5, 0.6) is 0 Å². The molecule has 25 heteroatoms. The molecule has 2 unspecified atom stereocenters. The number of fused-ring (bicyclic) bond motifs is 4. The van der Waals surface area contributed by atoms with Crippen LogP contribution in [0.4, 0.5) is 11.8 Å². The monoisotopic (exact) mass is 720 g/mol. The van der Waals surface area contributed by atoms with E-state index in [0.717, 1.165) is 0 Å². The van der Waals surface area contributed by atoms with E-state index in [9.17, 15) is 24.8 Å². The quantitative estimate of drug-likeness (QED) is 0.131. The van der Waals surface area contributed by atoms with Crippen LogP contribution in [0.15, 0.2) is 29.0 Å². The number of aromatic amines is 1. The van der Waals surface area contributed by atoms with Gasteiger partial charge in [0.1, 0.15) is 42.3 Å². The summed E-state index contributed by atoms with van der Waals surface area (Å²) >= 11 is 10.5. The van der Waals surface area contributed by atoms with Crippen molar-refractivity contribution in [1.29, 1.82) is 0 Å². The van der Waals surface area contributed by atoms with Crippen molar-refractivity contribution in [3.05, 3.63) is 35.3 Å². The summed E-state index contributed by atoms with van der Waals surface area (Å²) in [4.78, 5) is 53.2. The highest BCUT2D eigenvalue weighted by atomic mass is 32.5. The fourth-order valence-corrected chi connectivity index (χ4v) is 8.37. The highest BCUT2D eigenvalue weighted by Crippen LogP contribution is 2.54. The first-order chi connectivity index (χ1) is 21.7. The highest BCUT2D eigenvalue weighted by molar-refractivity contribution is 8.07. The molecular formula is C21H26N10O11P2S2. The summed E-state index contributed by atoms with van der Waals surface area (Å²) in [7, 11) is 0. The predicted molar refractivity (Wildman–Crippen MR) is 163 cm³/mol. The van der Waals surface area contributed by atoms with Crippen LogP contribution in [-0.2, 0) is 51.2 Å². The van der Waals surface area contributed by atoms with Crippen molar-refractivity contribution in [2.75, 3.05) is 18.9 Å². The van der Waals surface area contributed by atoms with E-state index in [1.165, 1.54) is 21.8 Å². The number of imidazole rings is 2. The number of ether oxygens (including phenoxy) is 2. The standard InChI is InChI=1S/C21H26N10O11P2S2/c1-6-9-15(27-20(22)26-6)30(4-24-9)18-11(32)13-7(39-18)2-37-44(36,46)42-14-8(3-38-43(35,45)41-13)40-19(12(14)33)31-5-25-10-16(31)28-21(23)29-17(10)34/h4-5,7-8,11-14,18-19,32-33H,1-3H2,(H,35,45)(H,36,46)(H3,22,26,27)(H3,23,28,29,34)/t7-,8-,11-,12-,13-,14-,18-,19-,43?,44?/m1/s1. The van der Waals surface area contributed by atoms with Crippen LogP contribution in [0.1, 0.15) is 18.1 Å². The van der Waals surface area contributed by atoms with Crippen molar-refractivity contribution in [1.82, 2.24) is 34.4 Å². The molecule has 0 bridgehead atoms. The van der Waals surface area contributed by atoms with E-state index in [1.807, 2.05) is 0 Å². The van der Waals surface area contributed by atoms with E-state index >= 15 is 0 Å². The lowest BCUT2D eigenvalue weighted by Gasteiger charge is -2.30. The second-order valence-corrected chi connectivity index (χ2v) is 16.1. The Morgan fingerprint density at radius 1 is 0.957 bits per heavy atom. The van der Waals surface area contributed by atoms with Crippen LogP contribution in [0.2, 0.25) is 0 Å². The average Bonchev–Trinajstić information content (AvgIpc) is 3.72. The lowest BCUT2D eigenvalue weighted by Crippen LogP contribution is -2.39. The van der Waals surface area contributed by atoms with Gasteiger partial charge in [-0.2, -0.15) is 9.98 Å². The number of hydrogen-bond acceptors (Lipinski definition) is 18. The van der Waals surface area contributed by atoms with E-state index in [-0.39, 0.29) is 28.9 Å². The van der Waals surface area contributed by atoms with Crippen molar-refractivity contribution in [3.8, 4) is 0 Å². The number of nitrogen functional groups attached to an aromatic ring is 1. The molecular weight excluding hydrogens is 694 g/mol. The maximum Gasteiger partial charge on any atom is 0.325 e. The summed E-state index contributed by atoms with van der Waals surface area (Å²) < 4.78 is 37.2. The van der Waals surface area contributed by atoms with Crippen LogP contribution in [0, 0.1) is 0 Å². The zero-order valence-electron chi connectivity index (χ0n) is 23.1. The summed E-state index contributed by atoms with van der Waals surface area (Å²) in [5.74, 6) is 0.0443. The largest absolute Gasteiger partial charge is 0.386 e. The molecule has 0 amide bonds. The van der Waals surface area contributed by atoms with E-state index in [0.29, 0.717) is 11.4 Å².